The maximum Gasteiger partial charge on any atom is 0.234 e. The smallest absolute Gasteiger partial charge is 0.234 e. The highest BCUT2D eigenvalue weighted by Crippen LogP contribution is 2.08. The van der Waals surface area contributed by atoms with Gasteiger partial charge in [0.15, 0.2) is 0 Å². The van der Waals surface area contributed by atoms with Crippen LogP contribution in [0.3, 0.4) is 0 Å². The molecule has 1 fully saturated rings. The van der Waals surface area contributed by atoms with Gasteiger partial charge in [-0.3, -0.25) is 9.69 Å². The molecule has 1 saturated heterocycles. The van der Waals surface area contributed by atoms with Gasteiger partial charge in [0.2, 0.25) is 5.91 Å². The lowest BCUT2D eigenvalue weighted by Gasteiger charge is -2.29. The van der Waals surface area contributed by atoms with Crippen LogP contribution in [0.15, 0.2) is 0 Å². The molecule has 0 spiro atoms. The van der Waals surface area contributed by atoms with Crippen molar-refractivity contribution >= 4 is 5.91 Å². The molecule has 1 aliphatic rings. The van der Waals surface area contributed by atoms with Crippen molar-refractivity contribution in [1.29, 1.82) is 0 Å². The lowest BCUT2D eigenvalue weighted by atomic mass is 10.0. The van der Waals surface area contributed by atoms with Gasteiger partial charge in [-0.15, -0.1) is 0 Å². The van der Waals surface area contributed by atoms with Crippen LogP contribution in [-0.4, -0.2) is 49.1 Å². The molecule has 1 atom stereocenters. The highest BCUT2D eigenvalue weighted by Gasteiger charge is 2.17. The zero-order valence-electron chi connectivity index (χ0n) is 11.5. The number of rotatable bonds is 6. The van der Waals surface area contributed by atoms with Gasteiger partial charge >= 0.3 is 0 Å². The van der Waals surface area contributed by atoms with Crippen LogP contribution < -0.4 is 10.6 Å². The number of hydrogen-bond donors (Lipinski definition) is 2. The molecule has 0 aromatic heterocycles. The SMILES string of the molecule is CCN(CC(=O)NC(C)C)CC1CCCCN1. The average Bonchev–Trinajstić information content (AvgIpc) is 2.28. The molecule has 0 aromatic carbocycles. The Morgan fingerprint density at radius 3 is 2.76 bits per heavy atom. The fraction of sp³-hybridized carbons (Fsp3) is 0.923. The van der Waals surface area contributed by atoms with E-state index in [0.29, 0.717) is 12.6 Å². The van der Waals surface area contributed by atoms with Gasteiger partial charge in [-0.1, -0.05) is 13.3 Å². The monoisotopic (exact) mass is 241 g/mol. The van der Waals surface area contributed by atoms with Gasteiger partial charge < -0.3 is 10.6 Å². The maximum absolute atomic E-state index is 11.7. The van der Waals surface area contributed by atoms with E-state index in [2.05, 4.69) is 22.5 Å². The molecule has 1 amide bonds. The standard InChI is InChI=1S/C13H27N3O/c1-4-16(10-13(17)15-11(2)3)9-12-7-5-6-8-14-12/h11-12,14H,4-10H2,1-3H3,(H,15,17). The second kappa shape index (κ2) is 7.67. The van der Waals surface area contributed by atoms with Gasteiger partial charge in [-0.2, -0.15) is 0 Å². The van der Waals surface area contributed by atoms with Gasteiger partial charge in [-0.25, -0.2) is 0 Å². The predicted octanol–water partition coefficient (Wildman–Crippen LogP) is 0.975. The number of nitrogens with zero attached hydrogens (tertiary/aromatic N) is 1. The Bertz CT molecular complexity index is 225. The van der Waals surface area contributed by atoms with E-state index in [9.17, 15) is 4.79 Å². The minimum absolute atomic E-state index is 0.137. The third kappa shape index (κ3) is 6.03. The van der Waals surface area contributed by atoms with E-state index in [1.807, 2.05) is 13.8 Å². The van der Waals surface area contributed by atoms with Crippen molar-refractivity contribution in [2.75, 3.05) is 26.2 Å². The fourth-order valence-electron chi connectivity index (χ4n) is 2.27. The molecule has 1 aliphatic heterocycles. The molecule has 17 heavy (non-hydrogen) atoms. The summed E-state index contributed by atoms with van der Waals surface area (Å²) in [5.41, 5.74) is 0. The number of nitrogens with one attached hydrogen (secondary N) is 2. The molecule has 2 N–H and O–H groups in total. The van der Waals surface area contributed by atoms with Crippen molar-refractivity contribution in [3.63, 3.8) is 0 Å². The Morgan fingerprint density at radius 1 is 1.47 bits per heavy atom. The zero-order valence-corrected chi connectivity index (χ0v) is 11.5. The van der Waals surface area contributed by atoms with Crippen LogP contribution in [0.2, 0.25) is 0 Å². The van der Waals surface area contributed by atoms with E-state index in [0.717, 1.165) is 19.6 Å². The number of amides is 1. The van der Waals surface area contributed by atoms with Gasteiger partial charge in [-0.05, 0) is 39.8 Å². The Balaban J connectivity index is 2.29. The summed E-state index contributed by atoms with van der Waals surface area (Å²) in [4.78, 5) is 13.9. The van der Waals surface area contributed by atoms with Crippen LogP contribution in [0.25, 0.3) is 0 Å². The number of carbonyl (C=O) groups excluding carboxylic acids is 1. The van der Waals surface area contributed by atoms with Crippen LogP contribution in [0, 0.1) is 0 Å². The van der Waals surface area contributed by atoms with Crippen LogP contribution in [-0.2, 0) is 4.79 Å². The summed E-state index contributed by atoms with van der Waals surface area (Å²) >= 11 is 0. The summed E-state index contributed by atoms with van der Waals surface area (Å²) < 4.78 is 0. The molecular weight excluding hydrogens is 214 g/mol. The summed E-state index contributed by atoms with van der Waals surface area (Å²) in [5.74, 6) is 0.137. The number of carbonyl (C=O) groups is 1. The maximum atomic E-state index is 11.7. The van der Waals surface area contributed by atoms with Crippen LogP contribution in [0.5, 0.6) is 0 Å². The molecule has 4 nitrogen and oxygen atoms in total. The topological polar surface area (TPSA) is 44.4 Å². The third-order valence-electron chi connectivity index (χ3n) is 3.16. The molecule has 0 radical (unpaired) electrons. The molecule has 1 heterocycles. The van der Waals surface area contributed by atoms with Gasteiger partial charge in [0.1, 0.15) is 0 Å². The number of likely N-dealkylation sites (N-methyl/N-ethyl adjacent to an activating group) is 1. The fourth-order valence-corrected chi connectivity index (χ4v) is 2.27. The minimum atomic E-state index is 0.137. The summed E-state index contributed by atoms with van der Waals surface area (Å²) in [6, 6.07) is 0.796. The van der Waals surface area contributed by atoms with E-state index in [-0.39, 0.29) is 11.9 Å². The van der Waals surface area contributed by atoms with Crippen molar-refractivity contribution in [2.24, 2.45) is 0 Å². The van der Waals surface area contributed by atoms with Gasteiger partial charge in [0, 0.05) is 18.6 Å². The average molecular weight is 241 g/mol. The largest absolute Gasteiger partial charge is 0.353 e. The van der Waals surface area contributed by atoms with Crippen molar-refractivity contribution in [3.05, 3.63) is 0 Å². The highest BCUT2D eigenvalue weighted by molar-refractivity contribution is 5.78. The van der Waals surface area contributed by atoms with E-state index in [4.69, 9.17) is 0 Å². The first-order valence-corrected chi connectivity index (χ1v) is 6.87. The first-order chi connectivity index (χ1) is 8.11. The normalized spacial score (nSPS) is 20.9. The molecule has 0 aromatic rings. The molecule has 0 saturated carbocycles. The van der Waals surface area contributed by atoms with E-state index in [1.54, 1.807) is 0 Å². The predicted molar refractivity (Wildman–Crippen MR) is 71.0 cm³/mol. The van der Waals surface area contributed by atoms with E-state index >= 15 is 0 Å². The highest BCUT2D eigenvalue weighted by atomic mass is 16.2. The molecule has 4 heteroatoms. The Labute approximate surface area is 105 Å². The van der Waals surface area contributed by atoms with Crippen molar-refractivity contribution in [2.45, 2.75) is 52.1 Å². The second-order valence-corrected chi connectivity index (χ2v) is 5.20. The van der Waals surface area contributed by atoms with Crippen LogP contribution in [0.4, 0.5) is 0 Å². The molecule has 0 bridgehead atoms. The van der Waals surface area contributed by atoms with E-state index in [1.165, 1.54) is 19.3 Å². The number of hydrogen-bond acceptors (Lipinski definition) is 3. The summed E-state index contributed by atoms with van der Waals surface area (Å²) in [5, 5.41) is 6.47. The van der Waals surface area contributed by atoms with Crippen molar-refractivity contribution in [3.8, 4) is 0 Å². The Kier molecular flexibility index (Phi) is 6.52. The Hall–Kier alpha value is -0.610. The molecule has 1 unspecified atom stereocenters. The first-order valence-electron chi connectivity index (χ1n) is 6.87. The van der Waals surface area contributed by atoms with Gasteiger partial charge in [0.05, 0.1) is 6.54 Å². The molecule has 100 valence electrons. The molecule has 0 aliphatic carbocycles. The van der Waals surface area contributed by atoms with Crippen molar-refractivity contribution < 1.29 is 4.79 Å². The lowest BCUT2D eigenvalue weighted by molar-refractivity contribution is -0.122. The van der Waals surface area contributed by atoms with E-state index < -0.39 is 0 Å². The quantitative estimate of drug-likeness (QED) is 0.728. The summed E-state index contributed by atoms with van der Waals surface area (Å²) in [6.07, 6.45) is 3.84. The third-order valence-corrected chi connectivity index (χ3v) is 3.16. The number of piperidine rings is 1. The minimum Gasteiger partial charge on any atom is -0.353 e. The second-order valence-electron chi connectivity index (χ2n) is 5.20. The summed E-state index contributed by atoms with van der Waals surface area (Å²) in [7, 11) is 0. The van der Waals surface area contributed by atoms with Crippen molar-refractivity contribution in [1.82, 2.24) is 15.5 Å². The first kappa shape index (κ1) is 14.5. The molecule has 1 rings (SSSR count). The lowest BCUT2D eigenvalue weighted by Crippen LogP contribution is -2.47. The summed E-state index contributed by atoms with van der Waals surface area (Å²) in [6.45, 7) is 9.68. The van der Waals surface area contributed by atoms with Crippen LogP contribution in [0.1, 0.15) is 40.0 Å². The van der Waals surface area contributed by atoms with Gasteiger partial charge in [0.25, 0.3) is 0 Å². The zero-order chi connectivity index (χ0) is 12.7. The van der Waals surface area contributed by atoms with Crippen LogP contribution >= 0.6 is 0 Å². The Morgan fingerprint density at radius 2 is 2.24 bits per heavy atom. The molecular formula is C13H27N3O.